The van der Waals surface area contributed by atoms with Crippen LogP contribution in [0.3, 0.4) is 0 Å². The lowest BCUT2D eigenvalue weighted by molar-refractivity contribution is -0.384. The monoisotopic (exact) mass is 261 g/mol. The quantitative estimate of drug-likeness (QED) is 0.571. The van der Waals surface area contributed by atoms with Crippen molar-refractivity contribution in [2.45, 2.75) is 25.3 Å². The highest BCUT2D eigenvalue weighted by atomic mass is 16.6. The van der Waals surface area contributed by atoms with Gasteiger partial charge in [-0.05, 0) is 30.9 Å². The Bertz CT molecular complexity index is 558. The van der Waals surface area contributed by atoms with Gasteiger partial charge in [-0.2, -0.15) is 0 Å². The highest BCUT2D eigenvalue weighted by Gasteiger charge is 2.38. The van der Waals surface area contributed by atoms with Crippen LogP contribution in [0.5, 0.6) is 0 Å². The number of rotatable bonds is 2. The molecule has 0 saturated carbocycles. The van der Waals surface area contributed by atoms with Crippen molar-refractivity contribution in [3.8, 4) is 0 Å². The van der Waals surface area contributed by atoms with Gasteiger partial charge >= 0.3 is 0 Å². The van der Waals surface area contributed by atoms with Gasteiger partial charge in [0.2, 0.25) is 0 Å². The number of anilines is 1. The molecule has 6 heteroatoms. The van der Waals surface area contributed by atoms with Crippen molar-refractivity contribution < 1.29 is 14.8 Å². The number of carbonyl (C=O) groups excluding carboxylic acids is 1. The van der Waals surface area contributed by atoms with E-state index in [-0.39, 0.29) is 11.7 Å². The maximum atomic E-state index is 11.3. The fraction of sp³-hybridized carbons (Fsp3) is 0.462. The maximum Gasteiger partial charge on any atom is 0.269 e. The number of nitro groups is 1. The summed E-state index contributed by atoms with van der Waals surface area (Å²) in [6, 6.07) is 4.67. The number of benzene rings is 1. The molecule has 6 nitrogen and oxygen atoms in total. The molecule has 0 N–H and O–H groups in total. The van der Waals surface area contributed by atoms with Crippen molar-refractivity contribution in [1.29, 1.82) is 0 Å². The molecule has 2 aliphatic rings. The fourth-order valence-corrected chi connectivity index (χ4v) is 3.25. The fourth-order valence-electron chi connectivity index (χ4n) is 3.25. The van der Waals surface area contributed by atoms with E-state index in [9.17, 15) is 20.0 Å². The van der Waals surface area contributed by atoms with Crippen molar-refractivity contribution in [3.63, 3.8) is 0 Å². The van der Waals surface area contributed by atoms with E-state index in [1.807, 2.05) is 0 Å². The van der Waals surface area contributed by atoms with E-state index >= 15 is 0 Å². The van der Waals surface area contributed by atoms with E-state index in [2.05, 4.69) is 4.90 Å². The zero-order valence-corrected chi connectivity index (χ0v) is 10.2. The van der Waals surface area contributed by atoms with Gasteiger partial charge in [0.1, 0.15) is 0 Å². The summed E-state index contributed by atoms with van der Waals surface area (Å²) in [6.07, 6.45) is 2.11. The van der Waals surface area contributed by atoms with Crippen LogP contribution >= 0.6 is 0 Å². The predicted molar refractivity (Wildman–Crippen MR) is 65.7 cm³/mol. The first-order valence-electron chi connectivity index (χ1n) is 6.33. The Labute approximate surface area is 109 Å². The number of nitrogens with zero attached hydrogens (tertiary/aromatic N) is 2. The van der Waals surface area contributed by atoms with Gasteiger partial charge in [0.05, 0.1) is 4.92 Å². The van der Waals surface area contributed by atoms with Gasteiger partial charge in [-0.3, -0.25) is 10.1 Å². The maximum absolute atomic E-state index is 11.3. The lowest BCUT2D eigenvalue weighted by Crippen LogP contribution is -2.49. The van der Waals surface area contributed by atoms with Gasteiger partial charge in [-0.1, -0.05) is 0 Å². The first kappa shape index (κ1) is 12.0. The van der Waals surface area contributed by atoms with Gasteiger partial charge in [-0.15, -0.1) is 0 Å². The second-order valence-corrected chi connectivity index (χ2v) is 5.10. The summed E-state index contributed by atoms with van der Waals surface area (Å²) in [5.74, 6) is -1.63. The zero-order chi connectivity index (χ0) is 13.6. The van der Waals surface area contributed by atoms with Crippen molar-refractivity contribution in [2.24, 2.45) is 5.92 Å². The molecule has 0 radical (unpaired) electrons. The minimum absolute atomic E-state index is 0.00787. The van der Waals surface area contributed by atoms with E-state index in [4.69, 9.17) is 0 Å². The molecule has 2 atom stereocenters. The number of fused-ring (bicyclic) bond motifs is 3. The van der Waals surface area contributed by atoms with Crippen molar-refractivity contribution in [3.05, 3.63) is 33.9 Å². The average Bonchev–Trinajstić information content (AvgIpc) is 2.85. The van der Waals surface area contributed by atoms with Crippen molar-refractivity contribution >= 4 is 17.3 Å². The van der Waals surface area contributed by atoms with Crippen LogP contribution < -0.4 is 10.0 Å². The molecule has 0 spiro atoms. The summed E-state index contributed by atoms with van der Waals surface area (Å²) in [5.41, 5.74) is 1.68. The summed E-state index contributed by atoms with van der Waals surface area (Å²) in [4.78, 5) is 23.7. The number of carboxylic acid groups (broad SMARTS) is 1. The van der Waals surface area contributed by atoms with Crippen LogP contribution in [-0.4, -0.2) is 23.5 Å². The molecule has 0 aromatic heterocycles. The molecule has 1 fully saturated rings. The summed E-state index contributed by atoms with van der Waals surface area (Å²) >= 11 is 0. The first-order valence-corrected chi connectivity index (χ1v) is 6.33. The Morgan fingerprint density at radius 2 is 2.21 bits per heavy atom. The van der Waals surface area contributed by atoms with Gasteiger partial charge in [0.15, 0.2) is 0 Å². The summed E-state index contributed by atoms with van der Waals surface area (Å²) < 4.78 is 0. The third-order valence-electron chi connectivity index (χ3n) is 4.09. The van der Waals surface area contributed by atoms with E-state index in [0.717, 1.165) is 30.6 Å². The van der Waals surface area contributed by atoms with Crippen LogP contribution in [0.25, 0.3) is 0 Å². The average molecular weight is 261 g/mol. The van der Waals surface area contributed by atoms with E-state index in [1.54, 1.807) is 6.07 Å². The highest BCUT2D eigenvalue weighted by molar-refractivity contribution is 5.74. The molecule has 100 valence electrons. The number of non-ortho nitro benzene ring substituents is 1. The predicted octanol–water partition coefficient (Wildman–Crippen LogP) is 0.486. The number of hydrogen-bond acceptors (Lipinski definition) is 5. The van der Waals surface area contributed by atoms with E-state index < -0.39 is 16.8 Å². The molecule has 0 aliphatic carbocycles. The number of carboxylic acids is 1. The Morgan fingerprint density at radius 1 is 1.42 bits per heavy atom. The largest absolute Gasteiger partial charge is 0.550 e. The number of hydrogen-bond donors (Lipinski definition) is 0. The van der Waals surface area contributed by atoms with Crippen molar-refractivity contribution in [1.82, 2.24) is 0 Å². The summed E-state index contributed by atoms with van der Waals surface area (Å²) in [5, 5.41) is 22.0. The van der Waals surface area contributed by atoms with Crippen LogP contribution in [0.2, 0.25) is 0 Å². The van der Waals surface area contributed by atoms with Crippen LogP contribution in [0, 0.1) is 16.0 Å². The molecule has 3 rings (SSSR count). The second kappa shape index (κ2) is 4.22. The molecule has 1 aromatic carbocycles. The van der Waals surface area contributed by atoms with Crippen LogP contribution in [0.1, 0.15) is 18.4 Å². The summed E-state index contributed by atoms with van der Waals surface area (Å²) in [7, 11) is 0. The molecule has 0 bridgehead atoms. The zero-order valence-electron chi connectivity index (χ0n) is 10.2. The summed E-state index contributed by atoms with van der Waals surface area (Å²) in [6.45, 7) is 0.805. The van der Waals surface area contributed by atoms with Gasteiger partial charge in [-0.25, -0.2) is 0 Å². The minimum atomic E-state index is -1.06. The molecule has 1 saturated heterocycles. The Morgan fingerprint density at radius 3 is 2.89 bits per heavy atom. The number of carbonyl (C=O) groups is 1. The standard InChI is InChI=1S/C13H14N2O4/c16-13(17)10-7-8-6-9(15(18)19)3-4-11(8)14-5-1-2-12(10)14/h3-4,6,10,12H,1-2,5,7H2,(H,16,17)/p-1/t10-,12+/m0/s1. The third kappa shape index (κ3) is 1.83. The highest BCUT2D eigenvalue weighted by Crippen LogP contribution is 2.40. The van der Waals surface area contributed by atoms with Gasteiger partial charge in [0, 0.05) is 42.3 Å². The van der Waals surface area contributed by atoms with Gasteiger partial charge < -0.3 is 14.8 Å². The number of nitro benzene ring substituents is 1. The molecule has 19 heavy (non-hydrogen) atoms. The third-order valence-corrected chi connectivity index (χ3v) is 4.09. The minimum Gasteiger partial charge on any atom is -0.550 e. The molecule has 0 unspecified atom stereocenters. The first-order chi connectivity index (χ1) is 9.08. The molecule has 2 aliphatic heterocycles. The van der Waals surface area contributed by atoms with Crippen LogP contribution in [0.15, 0.2) is 18.2 Å². The topological polar surface area (TPSA) is 86.5 Å². The Balaban J connectivity index is 2.05. The Hall–Kier alpha value is -2.11. The van der Waals surface area contributed by atoms with Crippen molar-refractivity contribution in [2.75, 3.05) is 11.4 Å². The molecule has 0 amide bonds. The van der Waals surface area contributed by atoms with Crippen LogP contribution in [-0.2, 0) is 11.2 Å². The molecular weight excluding hydrogens is 248 g/mol. The van der Waals surface area contributed by atoms with Crippen LogP contribution in [0.4, 0.5) is 11.4 Å². The second-order valence-electron chi connectivity index (χ2n) is 5.10. The Kier molecular flexibility index (Phi) is 2.66. The number of aliphatic carboxylic acids is 1. The lowest BCUT2D eigenvalue weighted by Gasteiger charge is -2.39. The van der Waals surface area contributed by atoms with E-state index in [0.29, 0.717) is 6.42 Å². The molecular formula is C13H13N2O4-. The van der Waals surface area contributed by atoms with Gasteiger partial charge in [0.25, 0.3) is 5.69 Å². The SMILES string of the molecule is O=C([O-])[C@H]1Cc2cc([N+](=O)[O-])ccc2N2CCC[C@H]12. The smallest absolute Gasteiger partial charge is 0.269 e. The van der Waals surface area contributed by atoms with E-state index in [1.165, 1.54) is 12.1 Å². The molecule has 2 heterocycles. The lowest BCUT2D eigenvalue weighted by atomic mass is 9.85. The molecule has 1 aromatic rings. The normalized spacial score (nSPS) is 24.7.